The minimum absolute atomic E-state index is 0.0831. The van der Waals surface area contributed by atoms with E-state index in [-0.39, 0.29) is 11.5 Å². The molecule has 5 heteroatoms. The number of hydrogen-bond donors (Lipinski definition) is 2. The lowest BCUT2D eigenvalue weighted by Gasteiger charge is -2.10. The molecule has 98 valence electrons. The van der Waals surface area contributed by atoms with Crippen molar-refractivity contribution in [1.29, 1.82) is 0 Å². The minimum atomic E-state index is -0.584. The molecule has 2 aromatic carbocycles. The van der Waals surface area contributed by atoms with Crippen LogP contribution in [0, 0.1) is 18.6 Å². The van der Waals surface area contributed by atoms with Gasteiger partial charge in [0.1, 0.15) is 11.6 Å². The monoisotopic (exact) mass is 262 g/mol. The van der Waals surface area contributed by atoms with E-state index in [1.165, 1.54) is 36.4 Å². The van der Waals surface area contributed by atoms with Crippen molar-refractivity contribution < 1.29 is 13.6 Å². The molecule has 2 rings (SSSR count). The second-order valence-electron chi connectivity index (χ2n) is 4.02. The number of carbonyl (C=O) groups is 1. The van der Waals surface area contributed by atoms with Crippen molar-refractivity contribution in [3.05, 3.63) is 59.7 Å². The zero-order valence-corrected chi connectivity index (χ0v) is 10.2. The molecule has 0 aliphatic carbocycles. The molecule has 0 bridgehead atoms. The lowest BCUT2D eigenvalue weighted by molar-refractivity contribution is 0.262. The highest BCUT2D eigenvalue weighted by atomic mass is 19.1. The van der Waals surface area contributed by atoms with Gasteiger partial charge in [-0.2, -0.15) is 0 Å². The van der Waals surface area contributed by atoms with Crippen molar-refractivity contribution in [2.24, 2.45) is 0 Å². The van der Waals surface area contributed by atoms with Gasteiger partial charge in [0.2, 0.25) is 0 Å². The van der Waals surface area contributed by atoms with Gasteiger partial charge in [0.25, 0.3) is 0 Å². The molecule has 0 fully saturated rings. The average molecular weight is 262 g/mol. The molecule has 0 aliphatic heterocycles. The molecule has 0 aliphatic rings. The van der Waals surface area contributed by atoms with Gasteiger partial charge in [-0.1, -0.05) is 12.1 Å². The van der Waals surface area contributed by atoms with Crippen LogP contribution in [0.2, 0.25) is 0 Å². The number of rotatable bonds is 2. The Bertz CT molecular complexity index is 614. The molecule has 0 spiro atoms. The van der Waals surface area contributed by atoms with Gasteiger partial charge in [0.15, 0.2) is 0 Å². The van der Waals surface area contributed by atoms with E-state index < -0.39 is 11.8 Å². The SMILES string of the molecule is Cc1cc(F)ccc1NC(=O)Nc1ccccc1F. The van der Waals surface area contributed by atoms with Crippen LogP contribution in [-0.4, -0.2) is 6.03 Å². The van der Waals surface area contributed by atoms with E-state index in [9.17, 15) is 13.6 Å². The summed E-state index contributed by atoms with van der Waals surface area (Å²) in [6.07, 6.45) is 0. The van der Waals surface area contributed by atoms with Gasteiger partial charge in [0, 0.05) is 5.69 Å². The first-order valence-electron chi connectivity index (χ1n) is 5.65. The summed E-state index contributed by atoms with van der Waals surface area (Å²) >= 11 is 0. The molecule has 3 nitrogen and oxygen atoms in total. The molecule has 0 atom stereocenters. The number of benzene rings is 2. The van der Waals surface area contributed by atoms with Crippen molar-refractivity contribution >= 4 is 17.4 Å². The molecule has 0 saturated carbocycles. The van der Waals surface area contributed by atoms with Crippen LogP contribution in [-0.2, 0) is 0 Å². The first-order valence-corrected chi connectivity index (χ1v) is 5.65. The second kappa shape index (κ2) is 5.48. The highest BCUT2D eigenvalue weighted by Crippen LogP contribution is 2.17. The summed E-state index contributed by atoms with van der Waals surface area (Å²) in [6, 6.07) is 9.26. The Kier molecular flexibility index (Phi) is 3.75. The molecular weight excluding hydrogens is 250 g/mol. The zero-order chi connectivity index (χ0) is 13.8. The number of anilines is 2. The summed E-state index contributed by atoms with van der Waals surface area (Å²) in [7, 11) is 0. The maximum absolute atomic E-state index is 13.3. The Morgan fingerprint density at radius 3 is 2.37 bits per heavy atom. The van der Waals surface area contributed by atoms with E-state index in [1.807, 2.05) is 0 Å². The van der Waals surface area contributed by atoms with E-state index in [2.05, 4.69) is 10.6 Å². The van der Waals surface area contributed by atoms with Crippen LogP contribution in [0.15, 0.2) is 42.5 Å². The van der Waals surface area contributed by atoms with Gasteiger partial charge in [-0.15, -0.1) is 0 Å². The first-order chi connectivity index (χ1) is 9.06. The quantitative estimate of drug-likeness (QED) is 0.846. The van der Waals surface area contributed by atoms with Crippen LogP contribution in [0.25, 0.3) is 0 Å². The fraction of sp³-hybridized carbons (Fsp3) is 0.0714. The summed E-state index contributed by atoms with van der Waals surface area (Å²) in [4.78, 5) is 11.7. The smallest absolute Gasteiger partial charge is 0.307 e. The third-order valence-electron chi connectivity index (χ3n) is 2.56. The molecule has 0 radical (unpaired) electrons. The number of carbonyl (C=O) groups excluding carboxylic acids is 1. The van der Waals surface area contributed by atoms with Crippen LogP contribution in [0.5, 0.6) is 0 Å². The van der Waals surface area contributed by atoms with E-state index in [1.54, 1.807) is 13.0 Å². The third-order valence-corrected chi connectivity index (χ3v) is 2.56. The van der Waals surface area contributed by atoms with E-state index in [0.29, 0.717) is 11.3 Å². The molecule has 2 amide bonds. The predicted molar refractivity (Wildman–Crippen MR) is 70.2 cm³/mol. The number of hydrogen-bond acceptors (Lipinski definition) is 1. The van der Waals surface area contributed by atoms with Crippen molar-refractivity contribution in [2.75, 3.05) is 10.6 Å². The van der Waals surface area contributed by atoms with E-state index in [4.69, 9.17) is 0 Å². The van der Waals surface area contributed by atoms with Crippen molar-refractivity contribution in [2.45, 2.75) is 6.92 Å². The van der Waals surface area contributed by atoms with Crippen LogP contribution in [0.4, 0.5) is 25.0 Å². The molecule has 0 unspecified atom stereocenters. The van der Waals surface area contributed by atoms with E-state index in [0.717, 1.165) is 0 Å². The normalized spacial score (nSPS) is 10.1. The largest absolute Gasteiger partial charge is 0.323 e. The summed E-state index contributed by atoms with van der Waals surface area (Å²) in [6.45, 7) is 1.67. The van der Waals surface area contributed by atoms with Gasteiger partial charge in [-0.25, -0.2) is 13.6 Å². The topological polar surface area (TPSA) is 41.1 Å². The molecule has 0 saturated heterocycles. The van der Waals surface area contributed by atoms with Gasteiger partial charge >= 0.3 is 6.03 Å². The van der Waals surface area contributed by atoms with Gasteiger partial charge in [0.05, 0.1) is 5.69 Å². The Morgan fingerprint density at radius 2 is 1.68 bits per heavy atom. The molecular formula is C14H12F2N2O. The number of aryl methyl sites for hydroxylation is 1. The number of amides is 2. The second-order valence-corrected chi connectivity index (χ2v) is 4.02. The number of para-hydroxylation sites is 1. The Hall–Kier alpha value is -2.43. The number of nitrogens with one attached hydrogen (secondary N) is 2. The van der Waals surface area contributed by atoms with Crippen LogP contribution < -0.4 is 10.6 Å². The molecule has 2 aromatic rings. The fourth-order valence-electron chi connectivity index (χ4n) is 1.61. The lowest BCUT2D eigenvalue weighted by Crippen LogP contribution is -2.20. The van der Waals surface area contributed by atoms with Crippen LogP contribution >= 0.6 is 0 Å². The molecule has 0 heterocycles. The molecule has 19 heavy (non-hydrogen) atoms. The highest BCUT2D eigenvalue weighted by Gasteiger charge is 2.08. The Morgan fingerprint density at radius 1 is 1.00 bits per heavy atom. The average Bonchev–Trinajstić information content (AvgIpc) is 2.36. The number of urea groups is 1. The summed E-state index contributed by atoms with van der Waals surface area (Å²) < 4.78 is 26.2. The summed E-state index contributed by atoms with van der Waals surface area (Å²) in [5, 5.41) is 4.91. The van der Waals surface area contributed by atoms with E-state index >= 15 is 0 Å². The maximum Gasteiger partial charge on any atom is 0.323 e. The number of halogens is 2. The van der Waals surface area contributed by atoms with Gasteiger partial charge < -0.3 is 10.6 Å². The Labute approximate surface area is 109 Å². The fourth-order valence-corrected chi connectivity index (χ4v) is 1.61. The highest BCUT2D eigenvalue weighted by molar-refractivity contribution is 6.00. The maximum atomic E-state index is 13.3. The predicted octanol–water partition coefficient (Wildman–Crippen LogP) is 3.92. The first kappa shape index (κ1) is 13.0. The lowest BCUT2D eigenvalue weighted by atomic mass is 10.2. The van der Waals surface area contributed by atoms with Crippen molar-refractivity contribution in [3.8, 4) is 0 Å². The molecule has 2 N–H and O–H groups in total. The van der Waals surface area contributed by atoms with Gasteiger partial charge in [-0.05, 0) is 42.8 Å². The summed E-state index contributed by atoms with van der Waals surface area (Å²) in [5.74, 6) is -0.897. The van der Waals surface area contributed by atoms with Gasteiger partial charge in [-0.3, -0.25) is 0 Å². The zero-order valence-electron chi connectivity index (χ0n) is 10.2. The third kappa shape index (κ3) is 3.28. The van der Waals surface area contributed by atoms with Crippen molar-refractivity contribution in [1.82, 2.24) is 0 Å². The van der Waals surface area contributed by atoms with Crippen LogP contribution in [0.1, 0.15) is 5.56 Å². The minimum Gasteiger partial charge on any atom is -0.307 e. The summed E-state index contributed by atoms with van der Waals surface area (Å²) in [5.41, 5.74) is 1.14. The van der Waals surface area contributed by atoms with Crippen LogP contribution in [0.3, 0.4) is 0 Å². The molecule has 0 aromatic heterocycles. The van der Waals surface area contributed by atoms with Crippen molar-refractivity contribution in [3.63, 3.8) is 0 Å². The Balaban J connectivity index is 2.08. The standard InChI is InChI=1S/C14H12F2N2O/c1-9-8-10(15)6-7-12(9)17-14(19)18-13-5-3-2-4-11(13)16/h2-8H,1H3,(H2,17,18,19).